The highest BCUT2D eigenvalue weighted by atomic mass is 16.2. The van der Waals surface area contributed by atoms with Crippen LogP contribution >= 0.6 is 0 Å². The van der Waals surface area contributed by atoms with Crippen LogP contribution in [-0.2, 0) is 9.59 Å². The molecule has 20 heavy (non-hydrogen) atoms. The van der Waals surface area contributed by atoms with Crippen LogP contribution in [0.2, 0.25) is 0 Å². The normalized spacial score (nSPS) is 9.45. The van der Waals surface area contributed by atoms with E-state index in [1.807, 2.05) is 0 Å². The Labute approximate surface area is 115 Å². The molecule has 0 bridgehead atoms. The minimum absolute atomic E-state index is 0.193. The van der Waals surface area contributed by atoms with Gasteiger partial charge in [-0.1, -0.05) is 0 Å². The Morgan fingerprint density at radius 1 is 1.20 bits per heavy atom. The number of carbonyl (C=O) groups excluding carboxylic acids is 3. The van der Waals surface area contributed by atoms with Gasteiger partial charge in [0.05, 0.1) is 0 Å². The number of guanidine groups is 1. The predicted octanol–water partition coefficient (Wildman–Crippen LogP) is 0.0409. The number of hydrogen-bond acceptors (Lipinski definition) is 4. The van der Waals surface area contributed by atoms with Gasteiger partial charge in [0.1, 0.15) is 12.8 Å². The van der Waals surface area contributed by atoms with Crippen LogP contribution in [0.4, 0.5) is 11.4 Å². The van der Waals surface area contributed by atoms with Crippen molar-refractivity contribution in [3.63, 3.8) is 0 Å². The lowest BCUT2D eigenvalue weighted by Gasteiger charge is -2.10. The molecule has 0 atom stereocenters. The van der Waals surface area contributed by atoms with E-state index in [2.05, 4.69) is 16.0 Å². The monoisotopic (exact) mass is 276 g/mol. The average Bonchev–Trinajstić information content (AvgIpc) is 2.33. The number of aldehydes is 1. The zero-order valence-electron chi connectivity index (χ0n) is 10.7. The summed E-state index contributed by atoms with van der Waals surface area (Å²) in [4.78, 5) is 33.0. The maximum atomic E-state index is 11.8. The van der Waals surface area contributed by atoms with E-state index in [4.69, 9.17) is 11.1 Å². The van der Waals surface area contributed by atoms with Gasteiger partial charge in [0.2, 0.25) is 5.91 Å². The molecule has 0 aliphatic heterocycles. The summed E-state index contributed by atoms with van der Waals surface area (Å²) in [5.74, 6) is -1.15. The maximum Gasteiger partial charge on any atom is 0.252 e. The number of carbonyl (C=O) groups is 3. The number of nitrogens with two attached hydrogens (primary N) is 1. The van der Waals surface area contributed by atoms with Gasteiger partial charge in [-0.05, 0) is 18.2 Å². The SMILES string of the molecule is CC(=O)Nc1cc(NC(=N)N)cc(C(=O)N[CH]C=O)c1. The molecule has 1 rings (SSSR count). The lowest BCUT2D eigenvalue weighted by Crippen LogP contribution is -2.23. The quantitative estimate of drug-likeness (QED) is 0.294. The summed E-state index contributed by atoms with van der Waals surface area (Å²) < 4.78 is 0. The molecule has 105 valence electrons. The van der Waals surface area contributed by atoms with Crippen molar-refractivity contribution in [2.75, 3.05) is 10.6 Å². The maximum absolute atomic E-state index is 11.8. The summed E-state index contributed by atoms with van der Waals surface area (Å²) in [5.41, 5.74) is 6.13. The van der Waals surface area contributed by atoms with Gasteiger partial charge in [-0.15, -0.1) is 0 Å². The number of benzene rings is 1. The van der Waals surface area contributed by atoms with Crippen LogP contribution in [0.25, 0.3) is 0 Å². The first-order valence-corrected chi connectivity index (χ1v) is 5.54. The summed E-state index contributed by atoms with van der Waals surface area (Å²) in [6.07, 6.45) is 0.435. The van der Waals surface area contributed by atoms with E-state index < -0.39 is 5.91 Å². The van der Waals surface area contributed by atoms with E-state index in [0.717, 1.165) is 6.54 Å². The highest BCUT2D eigenvalue weighted by Crippen LogP contribution is 2.19. The lowest BCUT2D eigenvalue weighted by molar-refractivity contribution is -0.114. The fraction of sp³-hybridized carbons (Fsp3) is 0.0833. The molecule has 6 N–H and O–H groups in total. The minimum atomic E-state index is -0.532. The Hall–Kier alpha value is -2.90. The van der Waals surface area contributed by atoms with Crippen molar-refractivity contribution >= 4 is 35.4 Å². The predicted molar refractivity (Wildman–Crippen MR) is 74.1 cm³/mol. The van der Waals surface area contributed by atoms with E-state index in [-0.39, 0.29) is 17.4 Å². The van der Waals surface area contributed by atoms with Gasteiger partial charge in [0.15, 0.2) is 5.96 Å². The highest BCUT2D eigenvalue weighted by molar-refractivity contribution is 6.01. The molecule has 0 heterocycles. The molecular weight excluding hydrogens is 262 g/mol. The summed E-state index contributed by atoms with van der Waals surface area (Å²) in [5, 5.41) is 14.5. The van der Waals surface area contributed by atoms with E-state index in [1.165, 1.54) is 25.1 Å². The molecule has 0 saturated heterocycles. The Morgan fingerprint density at radius 3 is 2.30 bits per heavy atom. The fourth-order valence-electron chi connectivity index (χ4n) is 1.45. The molecular formula is C12H14N5O3. The molecule has 0 spiro atoms. The van der Waals surface area contributed by atoms with Crippen molar-refractivity contribution < 1.29 is 14.4 Å². The molecule has 8 heteroatoms. The molecule has 0 aliphatic rings. The van der Waals surface area contributed by atoms with Crippen LogP contribution < -0.4 is 21.7 Å². The van der Waals surface area contributed by atoms with Gasteiger partial charge in [-0.2, -0.15) is 0 Å². The van der Waals surface area contributed by atoms with Gasteiger partial charge >= 0.3 is 0 Å². The Bertz CT molecular complexity index is 522. The first kappa shape index (κ1) is 15.2. The van der Waals surface area contributed by atoms with Crippen molar-refractivity contribution in [3.8, 4) is 0 Å². The lowest BCUT2D eigenvalue weighted by atomic mass is 10.1. The molecule has 0 unspecified atom stereocenters. The third-order valence-corrected chi connectivity index (χ3v) is 2.08. The van der Waals surface area contributed by atoms with Gasteiger partial charge in [0, 0.05) is 23.9 Å². The molecule has 0 saturated carbocycles. The largest absolute Gasteiger partial charge is 0.370 e. The Kier molecular flexibility index (Phi) is 5.21. The first-order chi connectivity index (χ1) is 9.42. The van der Waals surface area contributed by atoms with Crippen LogP contribution in [0, 0.1) is 12.0 Å². The zero-order chi connectivity index (χ0) is 15.1. The van der Waals surface area contributed by atoms with Crippen LogP contribution in [0.3, 0.4) is 0 Å². The van der Waals surface area contributed by atoms with E-state index in [1.54, 1.807) is 0 Å². The van der Waals surface area contributed by atoms with Crippen molar-refractivity contribution in [1.29, 1.82) is 5.41 Å². The Morgan fingerprint density at radius 2 is 1.80 bits per heavy atom. The summed E-state index contributed by atoms with van der Waals surface area (Å²) >= 11 is 0. The molecule has 0 aliphatic carbocycles. The van der Waals surface area contributed by atoms with Crippen LogP contribution in [0.1, 0.15) is 17.3 Å². The van der Waals surface area contributed by atoms with E-state index in [0.29, 0.717) is 17.7 Å². The number of nitrogens with one attached hydrogen (secondary N) is 4. The van der Waals surface area contributed by atoms with Crippen LogP contribution in [0.15, 0.2) is 18.2 Å². The minimum Gasteiger partial charge on any atom is -0.370 e. The number of hydrogen-bond donors (Lipinski definition) is 5. The number of anilines is 2. The molecule has 0 fully saturated rings. The molecule has 2 amide bonds. The molecule has 1 aromatic carbocycles. The molecule has 0 aromatic heterocycles. The second-order valence-electron chi connectivity index (χ2n) is 3.80. The number of rotatable bonds is 5. The summed E-state index contributed by atoms with van der Waals surface area (Å²) in [6, 6.07) is 4.38. The summed E-state index contributed by atoms with van der Waals surface area (Å²) in [7, 11) is 0. The van der Waals surface area contributed by atoms with Gasteiger partial charge in [-0.3, -0.25) is 15.0 Å². The van der Waals surface area contributed by atoms with Crippen molar-refractivity contribution in [2.24, 2.45) is 5.73 Å². The van der Waals surface area contributed by atoms with Crippen LogP contribution in [0.5, 0.6) is 0 Å². The molecule has 1 aromatic rings. The zero-order valence-corrected chi connectivity index (χ0v) is 10.7. The second kappa shape index (κ2) is 6.88. The third-order valence-electron chi connectivity index (χ3n) is 2.08. The number of amides is 2. The van der Waals surface area contributed by atoms with Gasteiger partial charge < -0.3 is 26.5 Å². The van der Waals surface area contributed by atoms with E-state index >= 15 is 0 Å². The van der Waals surface area contributed by atoms with E-state index in [9.17, 15) is 14.4 Å². The second-order valence-corrected chi connectivity index (χ2v) is 3.80. The third kappa shape index (κ3) is 4.77. The van der Waals surface area contributed by atoms with Gasteiger partial charge in [0.25, 0.3) is 5.91 Å². The average molecular weight is 276 g/mol. The topological polar surface area (TPSA) is 137 Å². The summed E-state index contributed by atoms with van der Waals surface area (Å²) in [6.45, 7) is 2.27. The highest BCUT2D eigenvalue weighted by Gasteiger charge is 2.09. The standard InChI is InChI=1S/C12H14N5O3/c1-7(19)16-9-4-8(11(20)15-2-3-18)5-10(6-9)17-12(13)14/h2-6H,1H3,(H,15,20)(H,16,19)(H4,13,14,17). The van der Waals surface area contributed by atoms with Crippen molar-refractivity contribution in [1.82, 2.24) is 5.32 Å². The van der Waals surface area contributed by atoms with Crippen molar-refractivity contribution in [2.45, 2.75) is 6.92 Å². The van der Waals surface area contributed by atoms with Crippen LogP contribution in [-0.4, -0.2) is 24.1 Å². The first-order valence-electron chi connectivity index (χ1n) is 5.54. The Balaban J connectivity index is 3.07. The smallest absolute Gasteiger partial charge is 0.252 e. The van der Waals surface area contributed by atoms with Gasteiger partial charge in [-0.25, -0.2) is 0 Å². The molecule has 1 radical (unpaired) electrons. The fourth-order valence-corrected chi connectivity index (χ4v) is 1.45. The molecule has 8 nitrogen and oxygen atoms in total. The van der Waals surface area contributed by atoms with Crippen molar-refractivity contribution in [3.05, 3.63) is 30.3 Å².